The number of aryl methyl sites for hydroxylation is 1. The van der Waals surface area contributed by atoms with Gasteiger partial charge in [-0.3, -0.25) is 4.79 Å². The van der Waals surface area contributed by atoms with E-state index in [1.807, 2.05) is 0 Å². The molecule has 1 fully saturated rings. The van der Waals surface area contributed by atoms with Crippen molar-refractivity contribution in [3.05, 3.63) is 53.5 Å². The van der Waals surface area contributed by atoms with Crippen LogP contribution in [0.25, 0.3) is 0 Å². The number of ether oxygens (including phenoxy) is 1. The molecule has 1 saturated heterocycles. The van der Waals surface area contributed by atoms with Crippen molar-refractivity contribution in [1.29, 1.82) is 0 Å². The predicted molar refractivity (Wildman–Crippen MR) is 89.1 cm³/mol. The van der Waals surface area contributed by atoms with Crippen LogP contribution in [0.15, 0.2) is 41.0 Å². The number of carbonyl (C=O) groups excluding carboxylic acids is 2. The number of furan rings is 1. The van der Waals surface area contributed by atoms with Gasteiger partial charge < -0.3 is 19.8 Å². The first kappa shape index (κ1) is 16.3. The topological polar surface area (TPSA) is 80.6 Å². The maximum absolute atomic E-state index is 12.3. The maximum Gasteiger partial charge on any atom is 0.338 e. The largest absolute Gasteiger partial charge is 0.469 e. The zero-order valence-corrected chi connectivity index (χ0v) is 13.5. The molecule has 0 atom stereocenters. The van der Waals surface area contributed by atoms with E-state index in [9.17, 15) is 9.59 Å². The van der Waals surface area contributed by atoms with E-state index in [-0.39, 0.29) is 18.0 Å². The minimum Gasteiger partial charge on any atom is -0.469 e. The Balaban J connectivity index is 1.66. The Hall–Kier alpha value is -2.60. The van der Waals surface area contributed by atoms with E-state index < -0.39 is 0 Å². The molecule has 0 unspecified atom stereocenters. The van der Waals surface area contributed by atoms with Crippen LogP contribution in [-0.2, 0) is 4.74 Å². The number of benzene rings is 1. The van der Waals surface area contributed by atoms with Gasteiger partial charge in [-0.25, -0.2) is 4.79 Å². The molecule has 6 nitrogen and oxygen atoms in total. The molecule has 0 saturated carbocycles. The summed E-state index contributed by atoms with van der Waals surface area (Å²) in [6.07, 6.45) is 3.06. The molecule has 0 bridgehead atoms. The van der Waals surface area contributed by atoms with Crippen LogP contribution in [0.1, 0.15) is 39.3 Å². The molecule has 6 heteroatoms. The Morgan fingerprint density at radius 2 is 2.04 bits per heavy atom. The fraction of sp³-hybridized carbons (Fsp3) is 0.333. The third kappa shape index (κ3) is 3.83. The van der Waals surface area contributed by atoms with Gasteiger partial charge in [-0.05, 0) is 57.1 Å². The molecule has 1 aromatic heterocycles. The Bertz CT molecular complexity index is 732. The van der Waals surface area contributed by atoms with Crippen molar-refractivity contribution >= 4 is 17.6 Å². The molecule has 0 radical (unpaired) electrons. The lowest BCUT2D eigenvalue weighted by Crippen LogP contribution is -2.33. The summed E-state index contributed by atoms with van der Waals surface area (Å²) in [5, 5.41) is 6.00. The average Bonchev–Trinajstić information content (AvgIpc) is 3.02. The Morgan fingerprint density at radius 3 is 2.75 bits per heavy atom. The summed E-state index contributed by atoms with van der Waals surface area (Å²) in [5.41, 5.74) is 1.44. The summed E-state index contributed by atoms with van der Waals surface area (Å²) in [6, 6.07) is 8.37. The van der Waals surface area contributed by atoms with Crippen molar-refractivity contribution in [2.75, 3.05) is 18.4 Å². The highest BCUT2D eigenvalue weighted by molar-refractivity contribution is 6.05. The van der Waals surface area contributed by atoms with Crippen LogP contribution < -0.4 is 10.6 Å². The number of hydrogen-bond donors (Lipinski definition) is 2. The monoisotopic (exact) mass is 328 g/mol. The van der Waals surface area contributed by atoms with Gasteiger partial charge in [-0.15, -0.1) is 0 Å². The van der Waals surface area contributed by atoms with Crippen molar-refractivity contribution in [2.45, 2.75) is 25.9 Å². The predicted octanol–water partition coefficient (Wildman–Crippen LogP) is 2.75. The summed E-state index contributed by atoms with van der Waals surface area (Å²) in [5.74, 6) is -0.0865. The highest BCUT2D eigenvalue weighted by Gasteiger charge is 2.19. The fourth-order valence-corrected chi connectivity index (χ4v) is 2.68. The van der Waals surface area contributed by atoms with Crippen molar-refractivity contribution in [1.82, 2.24) is 5.32 Å². The summed E-state index contributed by atoms with van der Waals surface area (Å²) >= 11 is 0. The molecule has 24 heavy (non-hydrogen) atoms. The Morgan fingerprint density at radius 1 is 1.25 bits per heavy atom. The lowest BCUT2D eigenvalue weighted by Gasteiger charge is -2.22. The normalized spacial score (nSPS) is 15.0. The molecule has 1 aromatic carbocycles. The lowest BCUT2D eigenvalue weighted by atomic mass is 10.1. The summed E-state index contributed by atoms with van der Waals surface area (Å²) < 4.78 is 10.7. The molecule has 0 spiro atoms. The highest BCUT2D eigenvalue weighted by Crippen LogP contribution is 2.17. The van der Waals surface area contributed by atoms with Crippen LogP contribution in [0, 0.1) is 6.92 Å². The van der Waals surface area contributed by atoms with Crippen LogP contribution in [0.2, 0.25) is 0 Å². The van der Waals surface area contributed by atoms with E-state index in [0.29, 0.717) is 22.6 Å². The second-order valence-electron chi connectivity index (χ2n) is 5.78. The number of piperidine rings is 1. The van der Waals surface area contributed by atoms with E-state index in [1.165, 1.54) is 6.26 Å². The molecule has 3 rings (SSSR count). The molecular formula is C18H20N2O4. The number of hydrogen-bond acceptors (Lipinski definition) is 5. The van der Waals surface area contributed by atoms with Gasteiger partial charge in [0.25, 0.3) is 5.91 Å². The van der Waals surface area contributed by atoms with Gasteiger partial charge >= 0.3 is 5.97 Å². The SMILES string of the molecule is Cc1occc1C(=O)Nc1cccc(C(=O)OC2CCNCC2)c1. The smallest absolute Gasteiger partial charge is 0.338 e. The van der Waals surface area contributed by atoms with Crippen LogP contribution in [0.3, 0.4) is 0 Å². The average molecular weight is 328 g/mol. The molecule has 0 aliphatic carbocycles. The number of esters is 1. The minimum absolute atomic E-state index is 0.0504. The van der Waals surface area contributed by atoms with Gasteiger partial charge in [-0.2, -0.15) is 0 Å². The van der Waals surface area contributed by atoms with Gasteiger partial charge in [-0.1, -0.05) is 6.07 Å². The summed E-state index contributed by atoms with van der Waals surface area (Å²) in [7, 11) is 0. The third-order valence-electron chi connectivity index (χ3n) is 4.02. The molecule has 2 heterocycles. The fourth-order valence-electron chi connectivity index (χ4n) is 2.68. The Kier molecular flexibility index (Phi) is 4.96. The molecule has 1 aliphatic rings. The third-order valence-corrected chi connectivity index (χ3v) is 4.02. The first-order valence-corrected chi connectivity index (χ1v) is 8.00. The second kappa shape index (κ2) is 7.31. The van der Waals surface area contributed by atoms with Gasteiger partial charge in [0, 0.05) is 5.69 Å². The summed E-state index contributed by atoms with van der Waals surface area (Å²) in [4.78, 5) is 24.5. The Labute approximate surface area is 140 Å². The van der Waals surface area contributed by atoms with Crippen molar-refractivity contribution in [3.63, 3.8) is 0 Å². The van der Waals surface area contributed by atoms with E-state index in [0.717, 1.165) is 25.9 Å². The summed E-state index contributed by atoms with van der Waals surface area (Å²) in [6.45, 7) is 3.44. The number of rotatable bonds is 4. The van der Waals surface area contributed by atoms with E-state index >= 15 is 0 Å². The van der Waals surface area contributed by atoms with Crippen LogP contribution >= 0.6 is 0 Å². The number of nitrogens with one attached hydrogen (secondary N) is 2. The molecule has 2 aromatic rings. The molecule has 1 aliphatic heterocycles. The zero-order valence-electron chi connectivity index (χ0n) is 13.5. The van der Waals surface area contributed by atoms with Gasteiger partial charge in [0.15, 0.2) is 0 Å². The first-order chi connectivity index (χ1) is 11.6. The molecule has 1 amide bonds. The van der Waals surface area contributed by atoms with E-state index in [1.54, 1.807) is 37.3 Å². The van der Waals surface area contributed by atoms with E-state index in [2.05, 4.69) is 10.6 Å². The molecular weight excluding hydrogens is 308 g/mol. The number of anilines is 1. The first-order valence-electron chi connectivity index (χ1n) is 8.00. The van der Waals surface area contributed by atoms with Crippen LogP contribution in [-0.4, -0.2) is 31.1 Å². The lowest BCUT2D eigenvalue weighted by molar-refractivity contribution is 0.0229. The van der Waals surface area contributed by atoms with E-state index in [4.69, 9.17) is 9.15 Å². The second-order valence-corrected chi connectivity index (χ2v) is 5.78. The van der Waals surface area contributed by atoms with Crippen LogP contribution in [0.5, 0.6) is 0 Å². The zero-order chi connectivity index (χ0) is 16.9. The maximum atomic E-state index is 12.3. The van der Waals surface area contributed by atoms with Crippen LogP contribution in [0.4, 0.5) is 5.69 Å². The van der Waals surface area contributed by atoms with Crippen molar-refractivity contribution < 1.29 is 18.7 Å². The standard InChI is InChI=1S/C18H20N2O4/c1-12-16(7-10-23-12)17(21)20-14-4-2-3-13(11-14)18(22)24-15-5-8-19-9-6-15/h2-4,7,10-11,15,19H,5-6,8-9H2,1H3,(H,20,21). The van der Waals surface area contributed by atoms with Gasteiger partial charge in [0.2, 0.25) is 0 Å². The quantitative estimate of drug-likeness (QED) is 0.844. The van der Waals surface area contributed by atoms with Gasteiger partial charge in [0.1, 0.15) is 11.9 Å². The number of amides is 1. The molecule has 126 valence electrons. The van der Waals surface area contributed by atoms with Crippen molar-refractivity contribution in [2.24, 2.45) is 0 Å². The van der Waals surface area contributed by atoms with Crippen molar-refractivity contribution in [3.8, 4) is 0 Å². The molecule has 2 N–H and O–H groups in total. The highest BCUT2D eigenvalue weighted by atomic mass is 16.5. The number of carbonyl (C=O) groups is 2. The minimum atomic E-state index is -0.363. The van der Waals surface area contributed by atoms with Gasteiger partial charge in [0.05, 0.1) is 17.4 Å².